The molecule has 0 bridgehead atoms. The average Bonchev–Trinajstić information content (AvgIpc) is 2.68. The van der Waals surface area contributed by atoms with Crippen molar-refractivity contribution < 1.29 is 18.3 Å². The van der Waals surface area contributed by atoms with Gasteiger partial charge in [0, 0.05) is 24.3 Å². The molecule has 160 valence electrons. The summed E-state index contributed by atoms with van der Waals surface area (Å²) in [4.78, 5) is 15.2. The van der Waals surface area contributed by atoms with Gasteiger partial charge in [0.05, 0.1) is 12.3 Å². The van der Waals surface area contributed by atoms with Gasteiger partial charge in [-0.2, -0.15) is 23.4 Å². The minimum Gasteiger partial charge on any atom is -0.393 e. The van der Waals surface area contributed by atoms with E-state index in [1.807, 2.05) is 19.9 Å². The fourth-order valence-electron chi connectivity index (χ4n) is 3.52. The molecule has 8 nitrogen and oxygen atoms in total. The Morgan fingerprint density at radius 3 is 2.70 bits per heavy atom. The second-order valence-corrected chi connectivity index (χ2v) is 7.94. The lowest BCUT2D eigenvalue weighted by Crippen LogP contribution is -2.41. The Kier molecular flexibility index (Phi) is 6.07. The first-order chi connectivity index (χ1) is 14.1. The number of nitriles is 1. The molecule has 11 heteroatoms. The van der Waals surface area contributed by atoms with Gasteiger partial charge in [-0.3, -0.25) is 0 Å². The highest BCUT2D eigenvalue weighted by atomic mass is 19.4. The number of aromatic nitrogens is 4. The van der Waals surface area contributed by atoms with Crippen LogP contribution in [-0.2, 0) is 12.7 Å². The van der Waals surface area contributed by atoms with Crippen LogP contribution in [0.2, 0.25) is 0 Å². The van der Waals surface area contributed by atoms with E-state index in [2.05, 4.69) is 30.6 Å². The summed E-state index contributed by atoms with van der Waals surface area (Å²) in [5, 5.41) is 25.4. The minimum absolute atomic E-state index is 0.00222. The van der Waals surface area contributed by atoms with E-state index in [-0.39, 0.29) is 35.1 Å². The Morgan fingerprint density at radius 1 is 1.27 bits per heavy atom. The molecule has 0 saturated heterocycles. The van der Waals surface area contributed by atoms with E-state index in [1.165, 1.54) is 6.20 Å². The fourth-order valence-corrected chi connectivity index (χ4v) is 3.52. The summed E-state index contributed by atoms with van der Waals surface area (Å²) < 4.78 is 39.2. The number of halogens is 3. The molecule has 2 atom stereocenters. The van der Waals surface area contributed by atoms with Crippen LogP contribution in [0.3, 0.4) is 0 Å². The molecule has 30 heavy (non-hydrogen) atoms. The maximum Gasteiger partial charge on any atom is 0.433 e. The molecular formula is C19H22F3N7O. The smallest absolute Gasteiger partial charge is 0.393 e. The third-order valence-electron chi connectivity index (χ3n) is 5.21. The zero-order chi connectivity index (χ0) is 21.9. The number of aliphatic hydroxyl groups excluding tert-OH is 1. The van der Waals surface area contributed by atoms with Crippen molar-refractivity contribution in [1.29, 1.82) is 5.26 Å². The predicted octanol–water partition coefficient (Wildman–Crippen LogP) is 3.12. The van der Waals surface area contributed by atoms with Gasteiger partial charge in [0.2, 0.25) is 5.95 Å². The van der Waals surface area contributed by atoms with Crippen LogP contribution < -0.4 is 10.6 Å². The lowest BCUT2D eigenvalue weighted by molar-refractivity contribution is -0.141. The molecule has 0 radical (unpaired) electrons. The lowest BCUT2D eigenvalue weighted by atomic mass is 9.73. The summed E-state index contributed by atoms with van der Waals surface area (Å²) in [6.45, 7) is 3.72. The first-order valence-electron chi connectivity index (χ1n) is 9.42. The topological polar surface area (TPSA) is 120 Å². The van der Waals surface area contributed by atoms with Crippen LogP contribution in [0.1, 0.15) is 49.9 Å². The second-order valence-electron chi connectivity index (χ2n) is 7.94. The predicted molar refractivity (Wildman–Crippen MR) is 102 cm³/mol. The Hall–Kier alpha value is -3.00. The highest BCUT2D eigenvalue weighted by Gasteiger charge is 2.36. The van der Waals surface area contributed by atoms with Crippen molar-refractivity contribution in [3.63, 3.8) is 0 Å². The Labute approximate surface area is 171 Å². The number of anilines is 2. The van der Waals surface area contributed by atoms with Gasteiger partial charge < -0.3 is 15.7 Å². The quantitative estimate of drug-likeness (QED) is 0.674. The largest absolute Gasteiger partial charge is 0.433 e. The highest BCUT2D eigenvalue weighted by Crippen LogP contribution is 2.37. The molecule has 0 amide bonds. The highest BCUT2D eigenvalue weighted by molar-refractivity contribution is 5.54. The van der Waals surface area contributed by atoms with Gasteiger partial charge in [-0.1, -0.05) is 13.8 Å². The number of rotatable bonds is 5. The Balaban J connectivity index is 1.75. The molecule has 0 spiro atoms. The molecule has 3 N–H and O–H groups in total. The van der Waals surface area contributed by atoms with E-state index in [1.54, 1.807) is 0 Å². The van der Waals surface area contributed by atoms with Crippen molar-refractivity contribution in [2.24, 2.45) is 5.41 Å². The maximum atomic E-state index is 13.1. The number of hydrogen-bond acceptors (Lipinski definition) is 8. The molecule has 3 rings (SSSR count). The van der Waals surface area contributed by atoms with Crippen molar-refractivity contribution in [3.8, 4) is 6.07 Å². The first-order valence-corrected chi connectivity index (χ1v) is 9.42. The summed E-state index contributed by atoms with van der Waals surface area (Å²) in [6, 6.07) is 2.01. The van der Waals surface area contributed by atoms with E-state index in [9.17, 15) is 23.5 Å². The van der Waals surface area contributed by atoms with E-state index in [0.717, 1.165) is 12.5 Å². The van der Waals surface area contributed by atoms with Gasteiger partial charge >= 0.3 is 6.18 Å². The Morgan fingerprint density at radius 2 is 2.03 bits per heavy atom. The number of nitrogens with zero attached hydrogens (tertiary/aromatic N) is 5. The molecule has 0 unspecified atom stereocenters. The van der Waals surface area contributed by atoms with Gasteiger partial charge in [-0.25, -0.2) is 15.0 Å². The SMILES string of the molecule is CC1(C)C[C@H](Nc2nc(NCc3cncnc3C(F)(F)F)ncc2C#N)CC[C@H]1O. The van der Waals surface area contributed by atoms with Crippen LogP contribution in [0.15, 0.2) is 18.7 Å². The van der Waals surface area contributed by atoms with Crippen LogP contribution >= 0.6 is 0 Å². The monoisotopic (exact) mass is 421 g/mol. The van der Waals surface area contributed by atoms with Crippen molar-refractivity contribution in [2.45, 2.75) is 58.0 Å². The summed E-state index contributed by atoms with van der Waals surface area (Å²) in [5.74, 6) is 0.371. The molecule has 0 aliphatic heterocycles. The maximum absolute atomic E-state index is 13.1. The van der Waals surface area contributed by atoms with Crippen molar-refractivity contribution in [3.05, 3.63) is 35.5 Å². The third-order valence-corrected chi connectivity index (χ3v) is 5.21. The zero-order valence-electron chi connectivity index (χ0n) is 16.5. The number of aliphatic hydroxyl groups is 1. The molecule has 0 aromatic carbocycles. The second kappa shape index (κ2) is 8.39. The van der Waals surface area contributed by atoms with E-state index in [0.29, 0.717) is 25.1 Å². The molecule has 2 aromatic rings. The number of nitrogens with one attached hydrogen (secondary N) is 2. The molecule has 1 aliphatic rings. The summed E-state index contributed by atoms with van der Waals surface area (Å²) >= 11 is 0. The zero-order valence-corrected chi connectivity index (χ0v) is 16.5. The first kappa shape index (κ1) is 21.7. The van der Waals surface area contributed by atoms with Gasteiger partial charge in [-0.15, -0.1) is 0 Å². The normalized spacial score (nSPS) is 21.0. The fraction of sp³-hybridized carbons (Fsp3) is 0.526. The third kappa shape index (κ3) is 4.94. The van der Waals surface area contributed by atoms with Crippen molar-refractivity contribution >= 4 is 11.8 Å². The molecule has 1 saturated carbocycles. The summed E-state index contributed by atoms with van der Waals surface area (Å²) in [5.41, 5.74) is -1.23. The molecule has 1 fully saturated rings. The molecule has 1 aliphatic carbocycles. The van der Waals surface area contributed by atoms with Crippen LogP contribution in [0.4, 0.5) is 24.9 Å². The van der Waals surface area contributed by atoms with E-state index < -0.39 is 18.0 Å². The molecular weight excluding hydrogens is 399 g/mol. The molecule has 2 aromatic heterocycles. The van der Waals surface area contributed by atoms with Crippen molar-refractivity contribution in [2.75, 3.05) is 10.6 Å². The van der Waals surface area contributed by atoms with E-state index >= 15 is 0 Å². The summed E-state index contributed by atoms with van der Waals surface area (Å²) in [7, 11) is 0. The van der Waals surface area contributed by atoms with Gasteiger partial charge in [-0.05, 0) is 24.7 Å². The van der Waals surface area contributed by atoms with Gasteiger partial charge in [0.15, 0.2) is 5.69 Å². The standard InChI is InChI=1S/C19H22F3N7O/c1-18(2)5-13(3-4-14(18)30)28-16-11(6-23)8-25-17(29-16)26-9-12-7-24-10-27-15(12)19(20,21)22/h7-8,10,13-14,30H,3-5,9H2,1-2H3,(H2,25,26,28,29)/t13-,14-/m1/s1. The van der Waals surface area contributed by atoms with Crippen LogP contribution in [0.25, 0.3) is 0 Å². The van der Waals surface area contributed by atoms with Crippen molar-refractivity contribution in [1.82, 2.24) is 19.9 Å². The Bertz CT molecular complexity index is 942. The van der Waals surface area contributed by atoms with Crippen LogP contribution in [-0.4, -0.2) is 37.2 Å². The lowest BCUT2D eigenvalue weighted by Gasteiger charge is -2.40. The number of hydrogen-bond donors (Lipinski definition) is 3. The average molecular weight is 421 g/mol. The van der Waals surface area contributed by atoms with Crippen LogP contribution in [0, 0.1) is 16.7 Å². The van der Waals surface area contributed by atoms with Crippen LogP contribution in [0.5, 0.6) is 0 Å². The summed E-state index contributed by atoms with van der Waals surface area (Å²) in [6.07, 6.45) is 0.251. The number of alkyl halides is 3. The van der Waals surface area contributed by atoms with Gasteiger partial charge in [0.1, 0.15) is 23.8 Å². The van der Waals surface area contributed by atoms with E-state index in [4.69, 9.17) is 0 Å². The molecule has 2 heterocycles. The van der Waals surface area contributed by atoms with Gasteiger partial charge in [0.25, 0.3) is 0 Å². The minimum atomic E-state index is -4.60.